The fourth-order valence-corrected chi connectivity index (χ4v) is 3.36. The van der Waals surface area contributed by atoms with Crippen molar-refractivity contribution in [3.05, 3.63) is 71.3 Å². The first-order valence-corrected chi connectivity index (χ1v) is 9.58. The van der Waals surface area contributed by atoms with Crippen LogP contribution in [-0.2, 0) is 4.79 Å². The summed E-state index contributed by atoms with van der Waals surface area (Å²) in [6.07, 6.45) is 1.64. The van der Waals surface area contributed by atoms with E-state index in [1.165, 1.54) is 35.0 Å². The van der Waals surface area contributed by atoms with Crippen molar-refractivity contribution >= 4 is 17.7 Å². The number of nitrogens with one attached hydrogen (secondary N) is 1. The second kappa shape index (κ2) is 8.35. The number of thioether (sulfide) groups is 1. The quantitative estimate of drug-likeness (QED) is 0.653. The minimum atomic E-state index is -0.293. The van der Waals surface area contributed by atoms with Gasteiger partial charge in [0.1, 0.15) is 12.1 Å². The molecule has 5 nitrogen and oxygen atoms in total. The first-order chi connectivity index (χ1) is 12.9. The highest BCUT2D eigenvalue weighted by Gasteiger charge is 2.13. The first-order valence-electron chi connectivity index (χ1n) is 8.59. The lowest BCUT2D eigenvalue weighted by atomic mass is 10.1. The first kappa shape index (κ1) is 19.1. The average molecular weight is 384 g/mol. The summed E-state index contributed by atoms with van der Waals surface area (Å²) in [5.74, 6) is -0.195. The van der Waals surface area contributed by atoms with E-state index in [1.807, 2.05) is 17.6 Å². The van der Waals surface area contributed by atoms with Gasteiger partial charge >= 0.3 is 0 Å². The number of hydrogen-bond donors (Lipinski definition) is 1. The molecule has 3 aromatic rings. The van der Waals surface area contributed by atoms with E-state index in [0.717, 1.165) is 11.3 Å². The molecule has 0 spiro atoms. The van der Waals surface area contributed by atoms with Crippen LogP contribution in [0.15, 0.2) is 53.9 Å². The van der Waals surface area contributed by atoms with Crippen molar-refractivity contribution < 1.29 is 9.18 Å². The lowest BCUT2D eigenvalue weighted by Gasteiger charge is -2.14. The lowest BCUT2D eigenvalue weighted by molar-refractivity contribution is -0.119. The zero-order chi connectivity index (χ0) is 19.4. The Morgan fingerprint density at radius 3 is 2.63 bits per heavy atom. The van der Waals surface area contributed by atoms with Gasteiger partial charge in [-0.2, -0.15) is 0 Å². The maximum atomic E-state index is 13.0. The Balaban J connectivity index is 1.62. The molecule has 0 fully saturated rings. The molecule has 1 aromatic heterocycles. The van der Waals surface area contributed by atoms with Crippen LogP contribution in [0.2, 0.25) is 0 Å². The van der Waals surface area contributed by atoms with Crippen molar-refractivity contribution in [2.24, 2.45) is 0 Å². The van der Waals surface area contributed by atoms with E-state index in [0.29, 0.717) is 5.16 Å². The van der Waals surface area contributed by atoms with Crippen LogP contribution in [0.3, 0.4) is 0 Å². The summed E-state index contributed by atoms with van der Waals surface area (Å²) in [5.41, 5.74) is 4.22. The fraction of sp³-hybridized carbons (Fsp3) is 0.250. The average Bonchev–Trinajstić information content (AvgIpc) is 3.11. The third-order valence-electron chi connectivity index (χ3n) is 4.36. The highest BCUT2D eigenvalue weighted by atomic mass is 32.2. The third-order valence-corrected chi connectivity index (χ3v) is 5.31. The van der Waals surface area contributed by atoms with Crippen LogP contribution in [0.1, 0.15) is 29.7 Å². The second-order valence-electron chi connectivity index (χ2n) is 6.38. The van der Waals surface area contributed by atoms with Crippen molar-refractivity contribution in [1.82, 2.24) is 20.1 Å². The zero-order valence-electron chi connectivity index (χ0n) is 15.4. The van der Waals surface area contributed by atoms with Crippen molar-refractivity contribution in [3.8, 4) is 5.69 Å². The third kappa shape index (κ3) is 4.74. The molecule has 2 aromatic carbocycles. The van der Waals surface area contributed by atoms with Gasteiger partial charge in [0.25, 0.3) is 0 Å². The number of nitrogens with zero attached hydrogens (tertiary/aromatic N) is 3. The van der Waals surface area contributed by atoms with Crippen molar-refractivity contribution in [3.63, 3.8) is 0 Å². The number of carbonyl (C=O) groups is 1. The Morgan fingerprint density at radius 1 is 1.19 bits per heavy atom. The predicted molar refractivity (Wildman–Crippen MR) is 105 cm³/mol. The van der Waals surface area contributed by atoms with E-state index in [9.17, 15) is 9.18 Å². The van der Waals surface area contributed by atoms with Crippen LogP contribution in [0, 0.1) is 19.7 Å². The number of carbonyl (C=O) groups excluding carboxylic acids is 1. The molecule has 140 valence electrons. The Hall–Kier alpha value is -2.67. The highest BCUT2D eigenvalue weighted by Crippen LogP contribution is 2.21. The fourth-order valence-electron chi connectivity index (χ4n) is 2.62. The molecule has 0 saturated heterocycles. The van der Waals surface area contributed by atoms with Crippen molar-refractivity contribution in [1.29, 1.82) is 0 Å². The van der Waals surface area contributed by atoms with Crippen LogP contribution in [0.5, 0.6) is 0 Å². The summed E-state index contributed by atoms with van der Waals surface area (Å²) in [6, 6.07) is 12.0. The number of benzene rings is 2. The van der Waals surface area contributed by atoms with E-state index in [4.69, 9.17) is 0 Å². The summed E-state index contributed by atoms with van der Waals surface area (Å²) in [5, 5.41) is 11.7. The second-order valence-corrected chi connectivity index (χ2v) is 7.32. The van der Waals surface area contributed by atoms with Crippen molar-refractivity contribution in [2.75, 3.05) is 5.75 Å². The van der Waals surface area contributed by atoms with Crippen LogP contribution < -0.4 is 5.32 Å². The molecular formula is C20H21FN4OS. The van der Waals surface area contributed by atoms with E-state index in [2.05, 4.69) is 41.5 Å². The lowest BCUT2D eigenvalue weighted by Crippen LogP contribution is -2.28. The molecule has 1 unspecified atom stereocenters. The van der Waals surface area contributed by atoms with Gasteiger partial charge in [0.2, 0.25) is 5.91 Å². The molecular weight excluding hydrogens is 363 g/mol. The van der Waals surface area contributed by atoms with Gasteiger partial charge in [-0.1, -0.05) is 30.0 Å². The molecule has 0 aliphatic carbocycles. The molecule has 1 atom stereocenters. The predicted octanol–water partition coefficient (Wildman–Crippen LogP) is 3.99. The molecule has 1 N–H and O–H groups in total. The Kier molecular flexibility index (Phi) is 5.91. The number of aryl methyl sites for hydroxylation is 2. The highest BCUT2D eigenvalue weighted by molar-refractivity contribution is 7.99. The number of hydrogen-bond acceptors (Lipinski definition) is 4. The van der Waals surface area contributed by atoms with Gasteiger partial charge in [-0.05, 0) is 61.7 Å². The maximum Gasteiger partial charge on any atom is 0.230 e. The van der Waals surface area contributed by atoms with Gasteiger partial charge in [-0.15, -0.1) is 10.2 Å². The standard InChI is InChI=1S/C20H21FN4OS/c1-13-4-9-18(10-14(13)2)25-12-22-24-20(25)27-11-19(26)23-15(3)16-5-7-17(21)8-6-16/h4-10,12,15H,11H2,1-3H3,(H,23,26). The largest absolute Gasteiger partial charge is 0.349 e. The van der Waals surface area contributed by atoms with Crippen LogP contribution in [0.4, 0.5) is 4.39 Å². The molecule has 0 bridgehead atoms. The van der Waals surface area contributed by atoms with Gasteiger partial charge in [0.05, 0.1) is 11.8 Å². The summed E-state index contributed by atoms with van der Waals surface area (Å²) >= 11 is 1.32. The summed E-state index contributed by atoms with van der Waals surface area (Å²) in [6.45, 7) is 5.99. The summed E-state index contributed by atoms with van der Waals surface area (Å²) < 4.78 is 14.9. The number of halogens is 1. The number of aromatic nitrogens is 3. The van der Waals surface area contributed by atoms with Crippen molar-refractivity contribution in [2.45, 2.75) is 32.0 Å². The molecule has 3 rings (SSSR count). The van der Waals surface area contributed by atoms with E-state index < -0.39 is 0 Å². The molecule has 0 aliphatic rings. The van der Waals surface area contributed by atoms with E-state index >= 15 is 0 Å². The number of rotatable bonds is 6. The molecule has 1 amide bonds. The zero-order valence-corrected chi connectivity index (χ0v) is 16.3. The molecule has 27 heavy (non-hydrogen) atoms. The van der Waals surface area contributed by atoms with Crippen LogP contribution >= 0.6 is 11.8 Å². The minimum absolute atomic E-state index is 0.119. The van der Waals surface area contributed by atoms with Gasteiger partial charge < -0.3 is 5.32 Å². The topological polar surface area (TPSA) is 59.8 Å². The van der Waals surface area contributed by atoms with Crippen LogP contribution in [0.25, 0.3) is 5.69 Å². The molecule has 1 heterocycles. The van der Waals surface area contributed by atoms with Gasteiger partial charge in [0.15, 0.2) is 5.16 Å². The number of amides is 1. The van der Waals surface area contributed by atoms with Gasteiger partial charge in [-0.3, -0.25) is 9.36 Å². The van der Waals surface area contributed by atoms with Crippen LogP contribution in [-0.4, -0.2) is 26.4 Å². The summed E-state index contributed by atoms with van der Waals surface area (Å²) in [4.78, 5) is 12.3. The molecule has 0 radical (unpaired) electrons. The van der Waals surface area contributed by atoms with E-state index in [-0.39, 0.29) is 23.5 Å². The maximum absolute atomic E-state index is 13.0. The Labute approximate surface area is 162 Å². The minimum Gasteiger partial charge on any atom is -0.349 e. The molecule has 0 aliphatic heterocycles. The Morgan fingerprint density at radius 2 is 1.93 bits per heavy atom. The molecule has 0 saturated carbocycles. The molecule has 7 heteroatoms. The Bertz CT molecular complexity index is 939. The normalized spacial score (nSPS) is 12.0. The van der Waals surface area contributed by atoms with E-state index in [1.54, 1.807) is 18.5 Å². The monoisotopic (exact) mass is 384 g/mol. The van der Waals surface area contributed by atoms with Gasteiger partial charge in [-0.25, -0.2) is 4.39 Å². The summed E-state index contributed by atoms with van der Waals surface area (Å²) in [7, 11) is 0. The SMILES string of the molecule is Cc1ccc(-n2cnnc2SCC(=O)NC(C)c2ccc(F)cc2)cc1C. The smallest absolute Gasteiger partial charge is 0.230 e. The van der Waals surface area contributed by atoms with Gasteiger partial charge in [0, 0.05) is 5.69 Å².